The Hall–Kier alpha value is -2.82. The third kappa shape index (κ3) is 4.04. The standard InChI is InChI=1S/C21H25N3O2/c1-14-6-4-7-17(12-14)23-21(26)16(3)22-18-9-10-19(15(2)13-18)24-11-5-8-20(24)25/h4,6-7,9-10,12-13,16,22H,5,8,11H2,1-3H3,(H,23,26)/t16-/m1/s1. The summed E-state index contributed by atoms with van der Waals surface area (Å²) in [5, 5.41) is 6.16. The fourth-order valence-electron chi connectivity index (χ4n) is 3.24. The fourth-order valence-corrected chi connectivity index (χ4v) is 3.24. The molecule has 1 atom stereocenters. The summed E-state index contributed by atoms with van der Waals surface area (Å²) in [6, 6.07) is 13.2. The van der Waals surface area contributed by atoms with Crippen LogP contribution in [0, 0.1) is 13.8 Å². The Labute approximate surface area is 154 Å². The molecule has 0 radical (unpaired) electrons. The number of nitrogens with zero attached hydrogens (tertiary/aromatic N) is 1. The molecular formula is C21H25N3O2. The van der Waals surface area contributed by atoms with Gasteiger partial charge in [0.2, 0.25) is 11.8 Å². The molecule has 1 fully saturated rings. The van der Waals surface area contributed by atoms with Gasteiger partial charge in [0, 0.05) is 30.0 Å². The topological polar surface area (TPSA) is 61.4 Å². The number of amides is 2. The van der Waals surface area contributed by atoms with Gasteiger partial charge < -0.3 is 15.5 Å². The van der Waals surface area contributed by atoms with E-state index in [0.717, 1.165) is 41.2 Å². The molecule has 1 saturated heterocycles. The number of anilines is 3. The van der Waals surface area contributed by atoms with E-state index in [9.17, 15) is 9.59 Å². The molecule has 26 heavy (non-hydrogen) atoms. The maximum absolute atomic E-state index is 12.4. The SMILES string of the molecule is Cc1cccc(NC(=O)[C@@H](C)Nc2ccc(N3CCCC3=O)c(C)c2)c1. The Morgan fingerprint density at radius 1 is 1.12 bits per heavy atom. The lowest BCUT2D eigenvalue weighted by Crippen LogP contribution is -2.32. The van der Waals surface area contributed by atoms with Crippen molar-refractivity contribution in [1.82, 2.24) is 0 Å². The first-order valence-electron chi connectivity index (χ1n) is 8.99. The van der Waals surface area contributed by atoms with Gasteiger partial charge in [-0.1, -0.05) is 12.1 Å². The van der Waals surface area contributed by atoms with Gasteiger partial charge in [-0.15, -0.1) is 0 Å². The summed E-state index contributed by atoms with van der Waals surface area (Å²) >= 11 is 0. The number of rotatable bonds is 5. The summed E-state index contributed by atoms with van der Waals surface area (Å²) in [6.07, 6.45) is 1.53. The number of hydrogen-bond acceptors (Lipinski definition) is 3. The van der Waals surface area contributed by atoms with Crippen LogP contribution in [0.5, 0.6) is 0 Å². The Kier molecular flexibility index (Phi) is 5.26. The summed E-state index contributed by atoms with van der Waals surface area (Å²) in [5.41, 5.74) is 4.74. The molecule has 3 rings (SSSR count). The molecule has 1 aliphatic rings. The van der Waals surface area contributed by atoms with E-state index in [0.29, 0.717) is 6.42 Å². The van der Waals surface area contributed by atoms with Gasteiger partial charge in [-0.25, -0.2) is 0 Å². The molecule has 2 aromatic carbocycles. The second kappa shape index (κ2) is 7.60. The molecule has 2 amide bonds. The number of aryl methyl sites for hydroxylation is 2. The summed E-state index contributed by atoms with van der Waals surface area (Å²) in [4.78, 5) is 26.2. The highest BCUT2D eigenvalue weighted by Gasteiger charge is 2.23. The average molecular weight is 351 g/mol. The third-order valence-electron chi connectivity index (χ3n) is 4.62. The van der Waals surface area contributed by atoms with E-state index in [4.69, 9.17) is 0 Å². The van der Waals surface area contributed by atoms with E-state index in [1.807, 2.05) is 68.1 Å². The molecule has 0 bridgehead atoms. The summed E-state index contributed by atoms with van der Waals surface area (Å²) in [7, 11) is 0. The first kappa shape index (κ1) is 18.0. The number of carbonyl (C=O) groups excluding carboxylic acids is 2. The first-order chi connectivity index (χ1) is 12.4. The maximum Gasteiger partial charge on any atom is 0.246 e. The monoisotopic (exact) mass is 351 g/mol. The second-order valence-corrected chi connectivity index (χ2v) is 6.87. The van der Waals surface area contributed by atoms with Crippen LogP contribution in [0.2, 0.25) is 0 Å². The van der Waals surface area contributed by atoms with Crippen molar-refractivity contribution in [3.05, 3.63) is 53.6 Å². The minimum atomic E-state index is -0.380. The van der Waals surface area contributed by atoms with Crippen LogP contribution in [0.3, 0.4) is 0 Å². The summed E-state index contributed by atoms with van der Waals surface area (Å²) < 4.78 is 0. The van der Waals surface area contributed by atoms with E-state index >= 15 is 0 Å². The smallest absolute Gasteiger partial charge is 0.246 e. The molecule has 0 saturated carbocycles. The van der Waals surface area contributed by atoms with Crippen molar-refractivity contribution in [2.45, 2.75) is 39.7 Å². The van der Waals surface area contributed by atoms with Gasteiger partial charge in [-0.2, -0.15) is 0 Å². The fraction of sp³-hybridized carbons (Fsp3) is 0.333. The Bertz CT molecular complexity index is 832. The molecule has 5 heteroatoms. The lowest BCUT2D eigenvalue weighted by Gasteiger charge is -2.20. The largest absolute Gasteiger partial charge is 0.374 e. The van der Waals surface area contributed by atoms with Crippen molar-refractivity contribution >= 4 is 28.9 Å². The Morgan fingerprint density at radius 3 is 2.58 bits per heavy atom. The highest BCUT2D eigenvalue weighted by molar-refractivity contribution is 5.97. The normalized spacial score (nSPS) is 15.0. The van der Waals surface area contributed by atoms with E-state index in [2.05, 4.69) is 10.6 Å². The summed E-state index contributed by atoms with van der Waals surface area (Å²) in [5.74, 6) is 0.0896. The van der Waals surface area contributed by atoms with Gasteiger partial charge in [0.05, 0.1) is 0 Å². The van der Waals surface area contributed by atoms with E-state index in [1.165, 1.54) is 0 Å². The molecule has 5 nitrogen and oxygen atoms in total. The highest BCUT2D eigenvalue weighted by atomic mass is 16.2. The van der Waals surface area contributed by atoms with Crippen molar-refractivity contribution in [3.8, 4) is 0 Å². The first-order valence-corrected chi connectivity index (χ1v) is 8.99. The van der Waals surface area contributed by atoms with Crippen molar-refractivity contribution in [2.75, 3.05) is 22.1 Å². The predicted molar refractivity (Wildman–Crippen MR) is 106 cm³/mol. The average Bonchev–Trinajstić information content (AvgIpc) is 3.01. The molecule has 2 aromatic rings. The Balaban J connectivity index is 1.65. The van der Waals surface area contributed by atoms with Crippen LogP contribution in [0.15, 0.2) is 42.5 Å². The second-order valence-electron chi connectivity index (χ2n) is 6.87. The van der Waals surface area contributed by atoms with Crippen LogP contribution < -0.4 is 15.5 Å². The number of carbonyl (C=O) groups is 2. The van der Waals surface area contributed by atoms with Gasteiger partial charge in [0.1, 0.15) is 6.04 Å². The van der Waals surface area contributed by atoms with Crippen molar-refractivity contribution in [1.29, 1.82) is 0 Å². The lowest BCUT2D eigenvalue weighted by atomic mass is 10.1. The van der Waals surface area contributed by atoms with E-state index < -0.39 is 0 Å². The number of nitrogens with one attached hydrogen (secondary N) is 2. The molecule has 1 heterocycles. The zero-order valence-corrected chi connectivity index (χ0v) is 15.5. The molecular weight excluding hydrogens is 326 g/mol. The summed E-state index contributed by atoms with van der Waals surface area (Å²) in [6.45, 7) is 6.59. The van der Waals surface area contributed by atoms with Crippen molar-refractivity contribution in [2.24, 2.45) is 0 Å². The highest BCUT2D eigenvalue weighted by Crippen LogP contribution is 2.27. The van der Waals surface area contributed by atoms with Crippen LogP contribution >= 0.6 is 0 Å². The van der Waals surface area contributed by atoms with Crippen LogP contribution in [0.25, 0.3) is 0 Å². The quantitative estimate of drug-likeness (QED) is 0.860. The van der Waals surface area contributed by atoms with Gasteiger partial charge >= 0.3 is 0 Å². The Morgan fingerprint density at radius 2 is 1.92 bits per heavy atom. The minimum absolute atomic E-state index is 0.0907. The lowest BCUT2D eigenvalue weighted by molar-refractivity contribution is -0.117. The van der Waals surface area contributed by atoms with Crippen LogP contribution in [-0.4, -0.2) is 24.4 Å². The third-order valence-corrected chi connectivity index (χ3v) is 4.62. The van der Waals surface area contributed by atoms with Crippen molar-refractivity contribution in [3.63, 3.8) is 0 Å². The minimum Gasteiger partial charge on any atom is -0.374 e. The number of benzene rings is 2. The molecule has 2 N–H and O–H groups in total. The van der Waals surface area contributed by atoms with E-state index in [1.54, 1.807) is 0 Å². The molecule has 0 aromatic heterocycles. The van der Waals surface area contributed by atoms with E-state index in [-0.39, 0.29) is 17.9 Å². The van der Waals surface area contributed by atoms with Gasteiger partial charge in [-0.05, 0) is 68.7 Å². The molecule has 136 valence electrons. The molecule has 0 unspecified atom stereocenters. The van der Waals surface area contributed by atoms with Gasteiger partial charge in [-0.3, -0.25) is 9.59 Å². The van der Waals surface area contributed by atoms with Crippen LogP contribution in [-0.2, 0) is 9.59 Å². The van der Waals surface area contributed by atoms with Crippen molar-refractivity contribution < 1.29 is 9.59 Å². The van der Waals surface area contributed by atoms with Gasteiger partial charge in [0.25, 0.3) is 0 Å². The molecule has 1 aliphatic heterocycles. The van der Waals surface area contributed by atoms with Gasteiger partial charge in [0.15, 0.2) is 0 Å². The zero-order chi connectivity index (χ0) is 18.7. The molecule has 0 aliphatic carbocycles. The van der Waals surface area contributed by atoms with Crippen LogP contribution in [0.1, 0.15) is 30.9 Å². The van der Waals surface area contributed by atoms with Crippen LogP contribution in [0.4, 0.5) is 17.1 Å². The maximum atomic E-state index is 12.4. The molecule has 0 spiro atoms. The predicted octanol–water partition coefficient (Wildman–Crippen LogP) is 3.87. The number of hydrogen-bond donors (Lipinski definition) is 2. The zero-order valence-electron chi connectivity index (χ0n) is 15.5.